The zero-order chi connectivity index (χ0) is 12.5. The highest BCUT2D eigenvalue weighted by atomic mass is 15.2. The van der Waals surface area contributed by atoms with Crippen LogP contribution in [0.15, 0.2) is 24.3 Å². The van der Waals surface area contributed by atoms with Gasteiger partial charge in [0.15, 0.2) is 0 Å². The van der Waals surface area contributed by atoms with E-state index in [0.717, 1.165) is 19.0 Å². The number of hydrogen-bond donors (Lipinski definition) is 1. The molecule has 1 saturated heterocycles. The monoisotopic (exact) mass is 244 g/mol. The Labute approximate surface area is 110 Å². The molecule has 2 heteroatoms. The first-order chi connectivity index (χ1) is 8.72. The van der Waals surface area contributed by atoms with Gasteiger partial charge in [0, 0.05) is 25.2 Å². The van der Waals surface area contributed by atoms with E-state index in [-0.39, 0.29) is 0 Å². The maximum absolute atomic E-state index is 6.27. The Balaban J connectivity index is 1.75. The highest BCUT2D eigenvalue weighted by molar-refractivity contribution is 5.26. The van der Waals surface area contributed by atoms with E-state index in [2.05, 4.69) is 36.1 Å². The topological polar surface area (TPSA) is 29.3 Å². The molecule has 2 N–H and O–H groups in total. The van der Waals surface area contributed by atoms with Gasteiger partial charge in [0.1, 0.15) is 0 Å². The number of nitrogens with zero attached hydrogens (tertiary/aromatic N) is 1. The van der Waals surface area contributed by atoms with Crippen molar-refractivity contribution >= 4 is 0 Å². The molecule has 1 heterocycles. The number of hydrogen-bond acceptors (Lipinski definition) is 2. The molecule has 2 atom stereocenters. The SMILES string of the molecule is Cc1cccc(C2CC(N)CN(C3CCC3)C2)c1. The van der Waals surface area contributed by atoms with Crippen LogP contribution < -0.4 is 5.73 Å². The lowest BCUT2D eigenvalue weighted by molar-refractivity contribution is 0.0848. The molecular weight excluding hydrogens is 220 g/mol. The summed E-state index contributed by atoms with van der Waals surface area (Å²) in [5.41, 5.74) is 9.11. The third kappa shape index (κ3) is 2.45. The van der Waals surface area contributed by atoms with Crippen LogP contribution in [0.25, 0.3) is 0 Å². The molecule has 1 aromatic carbocycles. The van der Waals surface area contributed by atoms with E-state index in [9.17, 15) is 0 Å². The molecular formula is C16H24N2. The lowest BCUT2D eigenvalue weighted by Gasteiger charge is -2.44. The van der Waals surface area contributed by atoms with Crippen molar-refractivity contribution in [1.29, 1.82) is 0 Å². The Morgan fingerprint density at radius 2 is 2.06 bits per heavy atom. The van der Waals surface area contributed by atoms with Gasteiger partial charge in [-0.15, -0.1) is 0 Å². The Morgan fingerprint density at radius 1 is 1.22 bits per heavy atom. The summed E-state index contributed by atoms with van der Waals surface area (Å²) in [6.07, 6.45) is 5.32. The van der Waals surface area contributed by atoms with Crippen LogP contribution in [0.5, 0.6) is 0 Å². The summed E-state index contributed by atoms with van der Waals surface area (Å²) in [4.78, 5) is 2.64. The average molecular weight is 244 g/mol. The minimum absolute atomic E-state index is 0.352. The zero-order valence-electron chi connectivity index (χ0n) is 11.3. The number of aryl methyl sites for hydroxylation is 1. The fourth-order valence-corrected chi connectivity index (χ4v) is 3.39. The number of benzene rings is 1. The second-order valence-electron chi connectivity index (χ2n) is 6.15. The van der Waals surface area contributed by atoms with Crippen molar-refractivity contribution in [1.82, 2.24) is 4.90 Å². The van der Waals surface area contributed by atoms with Gasteiger partial charge in [-0.3, -0.25) is 4.90 Å². The van der Waals surface area contributed by atoms with Gasteiger partial charge in [-0.25, -0.2) is 0 Å². The predicted molar refractivity (Wildman–Crippen MR) is 75.7 cm³/mol. The predicted octanol–water partition coefficient (Wildman–Crippen LogP) is 2.66. The molecule has 0 amide bonds. The zero-order valence-corrected chi connectivity index (χ0v) is 11.3. The first kappa shape index (κ1) is 12.2. The fraction of sp³-hybridized carbons (Fsp3) is 0.625. The summed E-state index contributed by atoms with van der Waals surface area (Å²) < 4.78 is 0. The maximum Gasteiger partial charge on any atom is 0.0174 e. The molecule has 2 fully saturated rings. The normalized spacial score (nSPS) is 30.1. The Morgan fingerprint density at radius 3 is 2.72 bits per heavy atom. The summed E-state index contributed by atoms with van der Waals surface area (Å²) >= 11 is 0. The van der Waals surface area contributed by atoms with Crippen molar-refractivity contribution in [3.05, 3.63) is 35.4 Å². The largest absolute Gasteiger partial charge is 0.327 e. The first-order valence-corrected chi connectivity index (χ1v) is 7.28. The van der Waals surface area contributed by atoms with Crippen LogP contribution in [0.1, 0.15) is 42.7 Å². The highest BCUT2D eigenvalue weighted by Gasteiger charge is 2.32. The summed E-state index contributed by atoms with van der Waals surface area (Å²) in [5, 5.41) is 0. The average Bonchev–Trinajstić information content (AvgIpc) is 2.26. The molecule has 1 saturated carbocycles. The van der Waals surface area contributed by atoms with Crippen molar-refractivity contribution < 1.29 is 0 Å². The van der Waals surface area contributed by atoms with Gasteiger partial charge in [0.05, 0.1) is 0 Å². The van der Waals surface area contributed by atoms with Crippen LogP contribution in [0.4, 0.5) is 0 Å². The van der Waals surface area contributed by atoms with Gasteiger partial charge in [0.2, 0.25) is 0 Å². The lowest BCUT2D eigenvalue weighted by Crippen LogP contribution is -2.52. The molecule has 98 valence electrons. The van der Waals surface area contributed by atoms with E-state index in [4.69, 9.17) is 5.73 Å². The van der Waals surface area contributed by atoms with Crippen molar-refractivity contribution in [3.8, 4) is 0 Å². The minimum atomic E-state index is 0.352. The molecule has 0 aromatic heterocycles. The van der Waals surface area contributed by atoms with Crippen molar-refractivity contribution in [2.75, 3.05) is 13.1 Å². The van der Waals surface area contributed by atoms with Gasteiger partial charge < -0.3 is 5.73 Å². The van der Waals surface area contributed by atoms with Crippen LogP contribution in [0, 0.1) is 6.92 Å². The standard InChI is InChI=1S/C16H24N2/c1-12-4-2-5-13(8-12)14-9-15(17)11-18(10-14)16-6-3-7-16/h2,4-5,8,14-16H,3,6-7,9-11,17H2,1H3. The molecule has 1 aliphatic carbocycles. The number of nitrogens with two attached hydrogens (primary N) is 1. The summed E-state index contributed by atoms with van der Waals surface area (Å²) in [7, 11) is 0. The second-order valence-corrected chi connectivity index (χ2v) is 6.15. The fourth-order valence-electron chi connectivity index (χ4n) is 3.39. The van der Waals surface area contributed by atoms with E-state index in [0.29, 0.717) is 12.0 Å². The Kier molecular flexibility index (Phi) is 3.40. The summed E-state index contributed by atoms with van der Waals surface area (Å²) in [6, 6.07) is 10.1. The molecule has 1 aliphatic heterocycles. The smallest absolute Gasteiger partial charge is 0.0174 e. The maximum atomic E-state index is 6.27. The van der Waals surface area contributed by atoms with Gasteiger partial charge in [-0.1, -0.05) is 36.2 Å². The molecule has 3 rings (SSSR count). The number of rotatable bonds is 2. The third-order valence-electron chi connectivity index (χ3n) is 4.62. The third-order valence-corrected chi connectivity index (χ3v) is 4.62. The summed E-state index contributed by atoms with van der Waals surface area (Å²) in [5.74, 6) is 0.634. The van der Waals surface area contributed by atoms with Crippen molar-refractivity contribution in [2.45, 2.75) is 50.6 Å². The molecule has 1 aromatic rings. The van der Waals surface area contributed by atoms with Gasteiger partial charge in [0.25, 0.3) is 0 Å². The van der Waals surface area contributed by atoms with Crippen molar-refractivity contribution in [2.24, 2.45) is 5.73 Å². The van der Waals surface area contributed by atoms with E-state index >= 15 is 0 Å². The molecule has 0 spiro atoms. The lowest BCUT2D eigenvalue weighted by atomic mass is 9.83. The second kappa shape index (κ2) is 5.02. The molecule has 2 aliphatic rings. The van der Waals surface area contributed by atoms with Crippen LogP contribution in [-0.4, -0.2) is 30.1 Å². The van der Waals surface area contributed by atoms with E-state index in [1.807, 2.05) is 0 Å². The Bertz CT molecular complexity index is 411. The van der Waals surface area contributed by atoms with Crippen LogP contribution in [-0.2, 0) is 0 Å². The quantitative estimate of drug-likeness (QED) is 0.866. The van der Waals surface area contributed by atoms with Gasteiger partial charge in [-0.05, 0) is 37.7 Å². The van der Waals surface area contributed by atoms with Crippen LogP contribution in [0.2, 0.25) is 0 Å². The van der Waals surface area contributed by atoms with E-state index in [1.54, 1.807) is 0 Å². The number of likely N-dealkylation sites (tertiary alicyclic amines) is 1. The molecule has 2 nitrogen and oxygen atoms in total. The van der Waals surface area contributed by atoms with E-state index < -0.39 is 0 Å². The van der Waals surface area contributed by atoms with Crippen molar-refractivity contribution in [3.63, 3.8) is 0 Å². The van der Waals surface area contributed by atoms with Crippen LogP contribution in [0.3, 0.4) is 0 Å². The first-order valence-electron chi connectivity index (χ1n) is 7.28. The minimum Gasteiger partial charge on any atom is -0.327 e. The van der Waals surface area contributed by atoms with Gasteiger partial charge >= 0.3 is 0 Å². The molecule has 0 bridgehead atoms. The molecule has 0 radical (unpaired) electrons. The molecule has 2 unspecified atom stereocenters. The summed E-state index contributed by atoms with van der Waals surface area (Å²) in [6.45, 7) is 4.49. The molecule has 18 heavy (non-hydrogen) atoms. The van der Waals surface area contributed by atoms with E-state index in [1.165, 1.54) is 36.9 Å². The Hall–Kier alpha value is -0.860. The van der Waals surface area contributed by atoms with Gasteiger partial charge in [-0.2, -0.15) is 0 Å². The highest BCUT2D eigenvalue weighted by Crippen LogP contribution is 2.33. The van der Waals surface area contributed by atoms with Crippen LogP contribution >= 0.6 is 0 Å². The number of piperidine rings is 1.